The molecule has 1 N–H and O–H groups in total. The molecule has 1 unspecified atom stereocenters. The van der Waals surface area contributed by atoms with E-state index in [4.69, 9.17) is 0 Å². The van der Waals surface area contributed by atoms with E-state index in [1.54, 1.807) is 0 Å². The van der Waals surface area contributed by atoms with Gasteiger partial charge in [0.2, 0.25) is 0 Å². The lowest BCUT2D eigenvalue weighted by Crippen LogP contribution is -2.28. The molecule has 16 heavy (non-hydrogen) atoms. The first kappa shape index (κ1) is 15.6. The third-order valence-electron chi connectivity index (χ3n) is 2.62. The van der Waals surface area contributed by atoms with Gasteiger partial charge in [0, 0.05) is 11.4 Å². The van der Waals surface area contributed by atoms with Crippen LogP contribution in [0.1, 0.15) is 42.5 Å². The van der Waals surface area contributed by atoms with Gasteiger partial charge in [0.1, 0.15) is 5.82 Å². The number of piperidine rings is 1. The molecule has 0 aliphatic carbocycles. The van der Waals surface area contributed by atoms with Gasteiger partial charge in [-0.3, -0.25) is 0 Å². The molecule has 0 aromatic carbocycles. The molecular formula is C11H19Cl2N3. The first-order valence-electron chi connectivity index (χ1n) is 5.31. The van der Waals surface area contributed by atoms with Crippen LogP contribution in [0.25, 0.3) is 0 Å². The van der Waals surface area contributed by atoms with E-state index >= 15 is 0 Å². The van der Waals surface area contributed by atoms with Crippen LogP contribution in [0.5, 0.6) is 0 Å². The van der Waals surface area contributed by atoms with Crippen molar-refractivity contribution in [3.05, 3.63) is 23.3 Å². The molecule has 1 fully saturated rings. The van der Waals surface area contributed by atoms with E-state index < -0.39 is 0 Å². The van der Waals surface area contributed by atoms with Gasteiger partial charge in [-0.1, -0.05) is 6.42 Å². The highest BCUT2D eigenvalue weighted by Gasteiger charge is 2.17. The molecule has 0 radical (unpaired) electrons. The number of aryl methyl sites for hydroxylation is 2. The van der Waals surface area contributed by atoms with Gasteiger partial charge in [0.05, 0.1) is 6.04 Å². The van der Waals surface area contributed by atoms with E-state index in [0.717, 1.165) is 23.8 Å². The monoisotopic (exact) mass is 263 g/mol. The van der Waals surface area contributed by atoms with Crippen molar-refractivity contribution in [3.63, 3.8) is 0 Å². The maximum Gasteiger partial charge on any atom is 0.145 e. The van der Waals surface area contributed by atoms with Crippen LogP contribution in [0.3, 0.4) is 0 Å². The Labute approximate surface area is 109 Å². The molecule has 0 spiro atoms. The minimum absolute atomic E-state index is 0. The highest BCUT2D eigenvalue weighted by atomic mass is 35.5. The molecule has 92 valence electrons. The predicted molar refractivity (Wildman–Crippen MR) is 70.6 cm³/mol. The summed E-state index contributed by atoms with van der Waals surface area (Å²) in [6, 6.07) is 2.40. The second kappa shape index (κ2) is 7.05. The van der Waals surface area contributed by atoms with Gasteiger partial charge in [-0.15, -0.1) is 24.8 Å². The Morgan fingerprint density at radius 1 is 1.12 bits per heavy atom. The lowest BCUT2D eigenvalue weighted by molar-refractivity contribution is 0.396. The summed E-state index contributed by atoms with van der Waals surface area (Å²) in [5.74, 6) is 0.974. The second-order valence-corrected chi connectivity index (χ2v) is 4.01. The van der Waals surface area contributed by atoms with Gasteiger partial charge in [0.25, 0.3) is 0 Å². The molecule has 0 bridgehead atoms. The van der Waals surface area contributed by atoms with Crippen LogP contribution in [0.4, 0.5) is 0 Å². The average molecular weight is 264 g/mol. The van der Waals surface area contributed by atoms with E-state index in [1.807, 2.05) is 19.9 Å². The average Bonchev–Trinajstić information content (AvgIpc) is 2.18. The smallest absolute Gasteiger partial charge is 0.145 e. The van der Waals surface area contributed by atoms with E-state index in [0.29, 0.717) is 6.04 Å². The molecule has 1 aromatic heterocycles. The van der Waals surface area contributed by atoms with Crippen LogP contribution >= 0.6 is 24.8 Å². The molecule has 1 atom stereocenters. The summed E-state index contributed by atoms with van der Waals surface area (Å²) < 4.78 is 0. The van der Waals surface area contributed by atoms with Gasteiger partial charge < -0.3 is 5.32 Å². The van der Waals surface area contributed by atoms with Gasteiger partial charge in [-0.05, 0) is 39.3 Å². The number of hydrogen-bond donors (Lipinski definition) is 1. The predicted octanol–water partition coefficient (Wildman–Crippen LogP) is 2.75. The van der Waals surface area contributed by atoms with Gasteiger partial charge in [-0.25, -0.2) is 9.97 Å². The third kappa shape index (κ3) is 3.89. The largest absolute Gasteiger partial charge is 0.307 e. The van der Waals surface area contributed by atoms with Crippen LogP contribution in [0.15, 0.2) is 6.07 Å². The minimum atomic E-state index is 0. The first-order valence-corrected chi connectivity index (χ1v) is 5.31. The summed E-state index contributed by atoms with van der Waals surface area (Å²) in [5.41, 5.74) is 2.14. The topological polar surface area (TPSA) is 37.8 Å². The molecule has 2 heterocycles. The van der Waals surface area contributed by atoms with Crippen LogP contribution in [-0.4, -0.2) is 16.5 Å². The Bertz CT molecular complexity index is 305. The summed E-state index contributed by atoms with van der Waals surface area (Å²) in [7, 11) is 0. The molecule has 2 rings (SSSR count). The van der Waals surface area contributed by atoms with Crippen molar-refractivity contribution in [2.75, 3.05) is 6.54 Å². The molecule has 5 heteroatoms. The first-order chi connectivity index (χ1) is 6.75. The number of nitrogens with one attached hydrogen (secondary N) is 1. The molecule has 1 aliphatic heterocycles. The maximum absolute atomic E-state index is 4.48. The highest BCUT2D eigenvalue weighted by Crippen LogP contribution is 2.20. The van der Waals surface area contributed by atoms with Crippen molar-refractivity contribution >= 4 is 24.8 Å². The van der Waals surface area contributed by atoms with Gasteiger partial charge in [0.15, 0.2) is 0 Å². The lowest BCUT2D eigenvalue weighted by Gasteiger charge is -2.22. The standard InChI is InChI=1S/C11H17N3.2ClH/c1-8-7-9(2)14-11(13-8)10-5-3-4-6-12-10;;/h7,10,12H,3-6H2,1-2H3;2*1H. The lowest BCUT2D eigenvalue weighted by atomic mass is 10.0. The molecule has 3 nitrogen and oxygen atoms in total. The Kier molecular flexibility index (Phi) is 6.88. The fourth-order valence-electron chi connectivity index (χ4n) is 1.98. The van der Waals surface area contributed by atoms with Gasteiger partial charge >= 0.3 is 0 Å². The number of rotatable bonds is 1. The zero-order valence-corrected chi connectivity index (χ0v) is 11.3. The molecular weight excluding hydrogens is 245 g/mol. The molecule has 1 aromatic rings. The zero-order chi connectivity index (χ0) is 9.97. The number of hydrogen-bond acceptors (Lipinski definition) is 3. The van der Waals surface area contributed by atoms with Crippen molar-refractivity contribution in [2.45, 2.75) is 39.2 Å². The third-order valence-corrected chi connectivity index (χ3v) is 2.62. The maximum atomic E-state index is 4.48. The fraction of sp³-hybridized carbons (Fsp3) is 0.636. The Morgan fingerprint density at radius 2 is 1.75 bits per heavy atom. The van der Waals surface area contributed by atoms with Crippen LogP contribution in [-0.2, 0) is 0 Å². The quantitative estimate of drug-likeness (QED) is 0.847. The normalized spacial score (nSPS) is 19.5. The van der Waals surface area contributed by atoms with Crippen molar-refractivity contribution in [1.29, 1.82) is 0 Å². The van der Waals surface area contributed by atoms with E-state index in [1.165, 1.54) is 19.3 Å². The number of halogens is 2. The fourth-order valence-corrected chi connectivity index (χ4v) is 1.98. The summed E-state index contributed by atoms with van der Waals surface area (Å²) in [4.78, 5) is 8.97. The zero-order valence-electron chi connectivity index (χ0n) is 9.69. The minimum Gasteiger partial charge on any atom is -0.307 e. The molecule has 1 aliphatic rings. The molecule has 0 saturated carbocycles. The summed E-state index contributed by atoms with van der Waals surface area (Å²) >= 11 is 0. The second-order valence-electron chi connectivity index (χ2n) is 4.01. The molecule has 1 saturated heterocycles. The number of aromatic nitrogens is 2. The van der Waals surface area contributed by atoms with E-state index in [9.17, 15) is 0 Å². The van der Waals surface area contributed by atoms with Crippen molar-refractivity contribution < 1.29 is 0 Å². The number of nitrogens with zero attached hydrogens (tertiary/aromatic N) is 2. The van der Waals surface area contributed by atoms with Gasteiger partial charge in [-0.2, -0.15) is 0 Å². The highest BCUT2D eigenvalue weighted by molar-refractivity contribution is 5.85. The van der Waals surface area contributed by atoms with Crippen LogP contribution < -0.4 is 5.32 Å². The Morgan fingerprint density at radius 3 is 2.25 bits per heavy atom. The SMILES string of the molecule is Cc1cc(C)nc(C2CCCCN2)n1.Cl.Cl. The van der Waals surface area contributed by atoms with Crippen molar-refractivity contribution in [2.24, 2.45) is 0 Å². The molecule has 0 amide bonds. The van der Waals surface area contributed by atoms with Crippen molar-refractivity contribution in [3.8, 4) is 0 Å². The summed E-state index contributed by atoms with van der Waals surface area (Å²) in [6.07, 6.45) is 3.73. The van der Waals surface area contributed by atoms with E-state index in [2.05, 4.69) is 15.3 Å². The van der Waals surface area contributed by atoms with Crippen LogP contribution in [0.2, 0.25) is 0 Å². The van der Waals surface area contributed by atoms with E-state index in [-0.39, 0.29) is 24.8 Å². The van der Waals surface area contributed by atoms with Crippen LogP contribution in [0, 0.1) is 13.8 Å². The Balaban J connectivity index is 0.00000112. The Hall–Kier alpha value is -0.380. The summed E-state index contributed by atoms with van der Waals surface area (Å²) in [6.45, 7) is 5.16. The van der Waals surface area contributed by atoms with Crippen molar-refractivity contribution in [1.82, 2.24) is 15.3 Å². The summed E-state index contributed by atoms with van der Waals surface area (Å²) in [5, 5.41) is 3.46.